The summed E-state index contributed by atoms with van der Waals surface area (Å²) in [5, 5.41) is 7.24. The molecule has 134 valence electrons. The second-order valence-corrected chi connectivity index (χ2v) is 9.09. The molecule has 1 saturated heterocycles. The average molecular weight is 363 g/mol. The van der Waals surface area contributed by atoms with E-state index in [2.05, 4.69) is 16.4 Å². The molecular weight excluding hydrogens is 342 g/mol. The molecule has 7 nitrogen and oxygen atoms in total. The van der Waals surface area contributed by atoms with Crippen molar-refractivity contribution in [2.75, 3.05) is 13.2 Å². The van der Waals surface area contributed by atoms with Crippen LogP contribution in [0.15, 0.2) is 47.8 Å². The number of rotatable bonds is 3. The summed E-state index contributed by atoms with van der Waals surface area (Å²) in [7, 11) is -3.64. The zero-order chi connectivity index (χ0) is 17.5. The lowest BCUT2D eigenvalue weighted by Gasteiger charge is -2.32. The lowest BCUT2D eigenvalue weighted by atomic mass is 9.86. The van der Waals surface area contributed by atoms with Gasteiger partial charge >= 0.3 is 0 Å². The van der Waals surface area contributed by atoms with Crippen LogP contribution in [0, 0.1) is 0 Å². The van der Waals surface area contributed by atoms with E-state index in [1.807, 2.05) is 12.2 Å². The molecule has 1 fully saturated rings. The Morgan fingerprint density at radius 1 is 1.20 bits per heavy atom. The van der Waals surface area contributed by atoms with Crippen molar-refractivity contribution in [2.45, 2.75) is 43.1 Å². The summed E-state index contributed by atoms with van der Waals surface area (Å²) >= 11 is 0. The third-order valence-corrected chi connectivity index (χ3v) is 7.37. The van der Waals surface area contributed by atoms with Crippen LogP contribution < -0.4 is 0 Å². The van der Waals surface area contributed by atoms with Gasteiger partial charge in [-0.2, -0.15) is 0 Å². The summed E-state index contributed by atoms with van der Waals surface area (Å²) in [6.45, 7) is 3.02. The minimum Gasteiger partial charge on any atom is -0.347 e. The van der Waals surface area contributed by atoms with Gasteiger partial charge < -0.3 is 9.47 Å². The number of nitrogens with zero attached hydrogens (tertiary/aromatic N) is 3. The Kier molecular flexibility index (Phi) is 3.93. The predicted octanol–water partition coefficient (Wildman–Crippen LogP) is 1.95. The topological polar surface area (TPSA) is 83.3 Å². The SMILES string of the molecule is CC1(S(=O)(=O)n2ccnn2)C=CC(C2=CCC3(CC2)OCCO3)=CC1. The quantitative estimate of drug-likeness (QED) is 0.816. The summed E-state index contributed by atoms with van der Waals surface area (Å²) in [4.78, 5) is 0. The molecule has 8 heteroatoms. The first kappa shape index (κ1) is 16.7. The smallest absolute Gasteiger partial charge is 0.264 e. The summed E-state index contributed by atoms with van der Waals surface area (Å²) in [6, 6.07) is 0. The first-order valence-electron chi connectivity index (χ1n) is 8.42. The molecule has 0 aromatic carbocycles. The van der Waals surface area contributed by atoms with Crippen LogP contribution >= 0.6 is 0 Å². The Morgan fingerprint density at radius 2 is 2.00 bits per heavy atom. The third kappa shape index (κ3) is 2.78. The summed E-state index contributed by atoms with van der Waals surface area (Å²) in [6.07, 6.45) is 13.4. The summed E-state index contributed by atoms with van der Waals surface area (Å²) in [5.41, 5.74) is 2.31. The van der Waals surface area contributed by atoms with Crippen molar-refractivity contribution in [3.63, 3.8) is 0 Å². The van der Waals surface area contributed by atoms with E-state index >= 15 is 0 Å². The third-order valence-electron chi connectivity index (χ3n) is 5.20. The number of aromatic nitrogens is 3. The molecule has 0 N–H and O–H groups in total. The molecule has 1 aliphatic heterocycles. The van der Waals surface area contributed by atoms with Gasteiger partial charge in [0.05, 0.1) is 25.6 Å². The van der Waals surface area contributed by atoms with Crippen LogP contribution in [0.5, 0.6) is 0 Å². The fourth-order valence-corrected chi connectivity index (χ4v) is 4.83. The molecule has 2 aliphatic carbocycles. The lowest BCUT2D eigenvalue weighted by Crippen LogP contribution is -2.39. The van der Waals surface area contributed by atoms with Crippen molar-refractivity contribution in [1.82, 2.24) is 14.4 Å². The first-order valence-corrected chi connectivity index (χ1v) is 9.86. The molecule has 2 heterocycles. The predicted molar refractivity (Wildman–Crippen MR) is 91.2 cm³/mol. The van der Waals surface area contributed by atoms with Crippen LogP contribution in [0.1, 0.15) is 32.6 Å². The minimum absolute atomic E-state index is 0.399. The van der Waals surface area contributed by atoms with E-state index in [0.29, 0.717) is 19.6 Å². The van der Waals surface area contributed by atoms with Gasteiger partial charge in [-0.25, -0.2) is 8.42 Å². The lowest BCUT2D eigenvalue weighted by molar-refractivity contribution is -0.161. The maximum atomic E-state index is 12.8. The van der Waals surface area contributed by atoms with E-state index in [1.54, 1.807) is 13.0 Å². The maximum Gasteiger partial charge on any atom is 0.264 e. The van der Waals surface area contributed by atoms with Gasteiger partial charge in [-0.1, -0.05) is 29.5 Å². The van der Waals surface area contributed by atoms with Gasteiger partial charge in [0.2, 0.25) is 0 Å². The van der Waals surface area contributed by atoms with Crippen LogP contribution in [0.25, 0.3) is 0 Å². The van der Waals surface area contributed by atoms with E-state index in [0.717, 1.165) is 28.9 Å². The fourth-order valence-electron chi connectivity index (χ4n) is 3.51. The van der Waals surface area contributed by atoms with Crippen molar-refractivity contribution < 1.29 is 17.9 Å². The van der Waals surface area contributed by atoms with E-state index in [-0.39, 0.29) is 0 Å². The Balaban J connectivity index is 1.52. The highest BCUT2D eigenvalue weighted by molar-refractivity contribution is 7.91. The Hall–Kier alpha value is -1.77. The summed E-state index contributed by atoms with van der Waals surface area (Å²) < 4.78 is 36.9. The second-order valence-electron chi connectivity index (χ2n) is 6.83. The van der Waals surface area contributed by atoms with Gasteiger partial charge in [-0.05, 0) is 30.9 Å². The Bertz CT molecular complexity index is 848. The zero-order valence-corrected chi connectivity index (χ0v) is 14.9. The molecule has 0 radical (unpaired) electrons. The largest absolute Gasteiger partial charge is 0.347 e. The van der Waals surface area contributed by atoms with Crippen LogP contribution in [0.3, 0.4) is 0 Å². The number of allylic oxidation sites excluding steroid dienone is 4. The number of hydrogen-bond acceptors (Lipinski definition) is 6. The molecule has 1 spiro atoms. The molecule has 1 aromatic heterocycles. The molecule has 0 amide bonds. The zero-order valence-electron chi connectivity index (χ0n) is 14.1. The number of ether oxygens (including phenoxy) is 2. The van der Waals surface area contributed by atoms with Gasteiger partial charge in [0.25, 0.3) is 10.0 Å². The van der Waals surface area contributed by atoms with E-state index in [9.17, 15) is 8.42 Å². The molecule has 0 saturated carbocycles. The highest BCUT2D eigenvalue weighted by Gasteiger charge is 2.41. The monoisotopic (exact) mass is 363 g/mol. The van der Waals surface area contributed by atoms with E-state index in [1.165, 1.54) is 18.0 Å². The molecule has 1 atom stereocenters. The van der Waals surface area contributed by atoms with Crippen molar-refractivity contribution in [2.24, 2.45) is 0 Å². The van der Waals surface area contributed by atoms with Crippen LogP contribution in [-0.2, 0) is 19.5 Å². The molecule has 4 rings (SSSR count). The van der Waals surface area contributed by atoms with Crippen molar-refractivity contribution >= 4 is 10.0 Å². The number of hydrogen-bond donors (Lipinski definition) is 0. The van der Waals surface area contributed by atoms with Gasteiger partial charge in [-0.15, -0.1) is 9.19 Å². The van der Waals surface area contributed by atoms with Crippen LogP contribution in [-0.4, -0.2) is 46.6 Å². The van der Waals surface area contributed by atoms with Crippen LogP contribution in [0.2, 0.25) is 0 Å². The summed E-state index contributed by atoms with van der Waals surface area (Å²) in [5.74, 6) is -0.437. The van der Waals surface area contributed by atoms with Crippen molar-refractivity contribution in [3.8, 4) is 0 Å². The Labute approximate surface area is 147 Å². The van der Waals surface area contributed by atoms with Gasteiger partial charge in [0.15, 0.2) is 5.79 Å². The van der Waals surface area contributed by atoms with Crippen molar-refractivity contribution in [3.05, 3.63) is 47.8 Å². The fraction of sp³-hybridized carbons (Fsp3) is 0.529. The molecule has 3 aliphatic rings. The van der Waals surface area contributed by atoms with Gasteiger partial charge in [0.1, 0.15) is 4.75 Å². The normalized spacial score (nSPS) is 28.8. The minimum atomic E-state index is -3.64. The van der Waals surface area contributed by atoms with Gasteiger partial charge in [0, 0.05) is 12.8 Å². The second kappa shape index (κ2) is 5.89. The first-order chi connectivity index (χ1) is 11.9. The highest BCUT2D eigenvalue weighted by Crippen LogP contribution is 2.39. The molecule has 25 heavy (non-hydrogen) atoms. The molecule has 1 aromatic rings. The van der Waals surface area contributed by atoms with Gasteiger partial charge in [-0.3, -0.25) is 0 Å². The van der Waals surface area contributed by atoms with E-state index in [4.69, 9.17) is 9.47 Å². The molecular formula is C17H21N3O4S. The Morgan fingerprint density at radius 3 is 2.56 bits per heavy atom. The molecule has 0 bridgehead atoms. The highest BCUT2D eigenvalue weighted by atomic mass is 32.2. The van der Waals surface area contributed by atoms with E-state index < -0.39 is 20.6 Å². The standard InChI is InChI=1S/C17H21N3O4S/c1-16(25(21,22)20-11-10-18-19-20)6-2-14(3-7-16)15-4-8-17(9-5-15)23-12-13-24-17/h2-4,6,10-11H,5,7-9,12-13H2,1H3. The average Bonchev–Trinajstić information content (AvgIpc) is 3.29. The maximum absolute atomic E-state index is 12.8. The van der Waals surface area contributed by atoms with Crippen molar-refractivity contribution in [1.29, 1.82) is 0 Å². The molecule has 1 unspecified atom stereocenters. The van der Waals surface area contributed by atoms with Crippen LogP contribution in [0.4, 0.5) is 0 Å².